The van der Waals surface area contributed by atoms with Crippen molar-refractivity contribution in [2.24, 2.45) is 0 Å². The lowest BCUT2D eigenvalue weighted by molar-refractivity contribution is -0.132. The number of amides is 1. The van der Waals surface area contributed by atoms with Crippen LogP contribution in [0.25, 0.3) is 0 Å². The van der Waals surface area contributed by atoms with Gasteiger partial charge >= 0.3 is 0 Å². The molecule has 4 nitrogen and oxygen atoms in total. The quantitative estimate of drug-likeness (QED) is 0.818. The number of benzene rings is 1. The number of aromatic nitrogens is 1. The van der Waals surface area contributed by atoms with Gasteiger partial charge in [0.25, 0.3) is 5.91 Å². The zero-order chi connectivity index (χ0) is 15.1. The van der Waals surface area contributed by atoms with Crippen LogP contribution in [0.4, 0.5) is 0 Å². The Morgan fingerprint density at radius 3 is 2.48 bits per heavy atom. The molecule has 0 N–H and O–H groups in total. The maximum absolute atomic E-state index is 12.0. The minimum Gasteiger partial charge on any atom is -0.484 e. The summed E-state index contributed by atoms with van der Waals surface area (Å²) in [6, 6.07) is 11.6. The molecule has 1 heterocycles. The van der Waals surface area contributed by atoms with E-state index < -0.39 is 0 Å². The van der Waals surface area contributed by atoms with Gasteiger partial charge in [0.2, 0.25) is 0 Å². The first-order valence-corrected chi connectivity index (χ1v) is 6.97. The molecule has 1 aromatic heterocycles. The molecule has 2 aromatic rings. The van der Waals surface area contributed by atoms with E-state index >= 15 is 0 Å². The van der Waals surface area contributed by atoms with Crippen LogP contribution in [0.2, 0.25) is 0 Å². The van der Waals surface area contributed by atoms with Crippen LogP contribution >= 0.6 is 0 Å². The molecule has 0 bridgehead atoms. The Labute approximate surface area is 125 Å². The highest BCUT2D eigenvalue weighted by Gasteiger charge is 2.09. The summed E-state index contributed by atoms with van der Waals surface area (Å²) < 4.78 is 5.49. The van der Waals surface area contributed by atoms with Gasteiger partial charge in [-0.2, -0.15) is 0 Å². The fourth-order valence-electron chi connectivity index (χ4n) is 1.86. The van der Waals surface area contributed by atoms with E-state index in [-0.39, 0.29) is 12.5 Å². The van der Waals surface area contributed by atoms with E-state index in [1.54, 1.807) is 24.3 Å². The van der Waals surface area contributed by atoms with Crippen molar-refractivity contribution in [3.63, 3.8) is 0 Å². The number of pyridine rings is 1. The van der Waals surface area contributed by atoms with Crippen LogP contribution in [0.1, 0.15) is 11.1 Å². The van der Waals surface area contributed by atoms with Crippen molar-refractivity contribution in [2.45, 2.75) is 13.3 Å². The predicted octanol–water partition coefficient (Wildman–Crippen LogP) is 2.47. The zero-order valence-electron chi connectivity index (χ0n) is 12.5. The Morgan fingerprint density at radius 1 is 1.14 bits per heavy atom. The van der Waals surface area contributed by atoms with Gasteiger partial charge in [0.05, 0.1) is 0 Å². The van der Waals surface area contributed by atoms with E-state index in [9.17, 15) is 4.79 Å². The standard InChI is InChI=1S/C17H20N2O2/c1-14-3-5-16(6-4-14)21-13-17(20)19(2)12-9-15-7-10-18-11-8-15/h3-8,10-11H,9,12-13H2,1-2H3. The van der Waals surface area contributed by atoms with Crippen molar-refractivity contribution < 1.29 is 9.53 Å². The molecule has 0 spiro atoms. The highest BCUT2D eigenvalue weighted by molar-refractivity contribution is 5.77. The minimum absolute atomic E-state index is 0.0235. The summed E-state index contributed by atoms with van der Waals surface area (Å²) in [6.07, 6.45) is 4.34. The van der Waals surface area contributed by atoms with Gasteiger partial charge < -0.3 is 9.64 Å². The first kappa shape index (κ1) is 15.0. The summed E-state index contributed by atoms with van der Waals surface area (Å²) in [7, 11) is 1.79. The molecule has 0 aliphatic heterocycles. The molecule has 0 fully saturated rings. The number of rotatable bonds is 6. The average molecular weight is 284 g/mol. The molecular weight excluding hydrogens is 264 g/mol. The average Bonchev–Trinajstić information content (AvgIpc) is 2.52. The SMILES string of the molecule is Cc1ccc(OCC(=O)N(C)CCc2ccncc2)cc1. The molecule has 0 radical (unpaired) electrons. The van der Waals surface area contributed by atoms with E-state index in [4.69, 9.17) is 4.74 Å². The molecule has 0 atom stereocenters. The Morgan fingerprint density at radius 2 is 1.81 bits per heavy atom. The van der Waals surface area contributed by atoms with Crippen LogP contribution in [0.3, 0.4) is 0 Å². The van der Waals surface area contributed by atoms with Gasteiger partial charge in [0.15, 0.2) is 6.61 Å². The van der Waals surface area contributed by atoms with Crippen LogP contribution < -0.4 is 4.74 Å². The molecular formula is C17H20N2O2. The van der Waals surface area contributed by atoms with Gasteiger partial charge in [-0.25, -0.2) is 0 Å². The summed E-state index contributed by atoms with van der Waals surface area (Å²) >= 11 is 0. The fraction of sp³-hybridized carbons (Fsp3) is 0.294. The maximum atomic E-state index is 12.0. The van der Waals surface area contributed by atoms with Crippen LogP contribution in [0.15, 0.2) is 48.8 Å². The van der Waals surface area contributed by atoms with Crippen LogP contribution in [0.5, 0.6) is 5.75 Å². The van der Waals surface area contributed by atoms with Crippen molar-refractivity contribution in [2.75, 3.05) is 20.2 Å². The number of carbonyl (C=O) groups excluding carboxylic acids is 1. The number of likely N-dealkylation sites (N-methyl/N-ethyl adjacent to an activating group) is 1. The van der Waals surface area contributed by atoms with Crippen molar-refractivity contribution in [1.29, 1.82) is 0 Å². The number of ether oxygens (including phenoxy) is 1. The summed E-state index contributed by atoms with van der Waals surface area (Å²) in [5.41, 5.74) is 2.34. The van der Waals surface area contributed by atoms with Crippen LogP contribution in [-0.4, -0.2) is 36.0 Å². The monoisotopic (exact) mass is 284 g/mol. The third-order valence-corrected chi connectivity index (χ3v) is 3.29. The summed E-state index contributed by atoms with van der Waals surface area (Å²) in [5, 5.41) is 0. The number of aryl methyl sites for hydroxylation is 1. The van der Waals surface area contributed by atoms with Crippen LogP contribution in [-0.2, 0) is 11.2 Å². The molecule has 21 heavy (non-hydrogen) atoms. The van der Waals surface area contributed by atoms with Crippen molar-refractivity contribution in [3.05, 3.63) is 59.9 Å². The third kappa shape index (κ3) is 4.91. The van der Waals surface area contributed by atoms with E-state index in [0.29, 0.717) is 6.54 Å². The molecule has 4 heteroatoms. The minimum atomic E-state index is -0.0235. The lowest BCUT2D eigenvalue weighted by Crippen LogP contribution is -2.33. The molecule has 1 aromatic carbocycles. The molecule has 110 valence electrons. The first-order valence-electron chi connectivity index (χ1n) is 6.97. The van der Waals surface area contributed by atoms with Crippen molar-refractivity contribution in [3.8, 4) is 5.75 Å². The molecule has 2 rings (SSSR count). The highest BCUT2D eigenvalue weighted by atomic mass is 16.5. The lowest BCUT2D eigenvalue weighted by atomic mass is 10.2. The van der Waals surface area contributed by atoms with E-state index in [1.165, 1.54) is 11.1 Å². The summed E-state index contributed by atoms with van der Waals surface area (Å²) in [5.74, 6) is 0.695. The van der Waals surface area contributed by atoms with Gasteiger partial charge in [-0.3, -0.25) is 9.78 Å². The van der Waals surface area contributed by atoms with Gasteiger partial charge in [-0.15, -0.1) is 0 Å². The smallest absolute Gasteiger partial charge is 0.260 e. The molecule has 1 amide bonds. The number of carbonyl (C=O) groups is 1. The number of nitrogens with zero attached hydrogens (tertiary/aromatic N) is 2. The summed E-state index contributed by atoms with van der Waals surface area (Å²) in [6.45, 7) is 2.75. The van der Waals surface area contributed by atoms with E-state index in [1.807, 2.05) is 43.3 Å². The van der Waals surface area contributed by atoms with Gasteiger partial charge in [0.1, 0.15) is 5.75 Å². The lowest BCUT2D eigenvalue weighted by Gasteiger charge is -2.17. The zero-order valence-corrected chi connectivity index (χ0v) is 12.5. The maximum Gasteiger partial charge on any atom is 0.260 e. The molecule has 0 unspecified atom stereocenters. The molecule has 0 saturated heterocycles. The molecule has 0 saturated carbocycles. The van der Waals surface area contributed by atoms with Crippen molar-refractivity contribution >= 4 is 5.91 Å². The Bertz CT molecular complexity index is 567. The second-order valence-electron chi connectivity index (χ2n) is 5.02. The number of hydrogen-bond acceptors (Lipinski definition) is 3. The Kier molecular flexibility index (Phi) is 5.32. The first-order chi connectivity index (χ1) is 10.1. The van der Waals surface area contributed by atoms with Gasteiger partial charge in [0, 0.05) is 26.0 Å². The predicted molar refractivity (Wildman–Crippen MR) is 82.3 cm³/mol. The van der Waals surface area contributed by atoms with Gasteiger partial charge in [-0.1, -0.05) is 17.7 Å². The fourth-order valence-corrected chi connectivity index (χ4v) is 1.86. The van der Waals surface area contributed by atoms with E-state index in [0.717, 1.165) is 12.2 Å². The van der Waals surface area contributed by atoms with E-state index in [2.05, 4.69) is 4.98 Å². The third-order valence-electron chi connectivity index (χ3n) is 3.29. The Balaban J connectivity index is 1.76. The topological polar surface area (TPSA) is 42.4 Å². The highest BCUT2D eigenvalue weighted by Crippen LogP contribution is 2.11. The molecule has 0 aliphatic carbocycles. The number of hydrogen-bond donors (Lipinski definition) is 0. The summed E-state index contributed by atoms with van der Waals surface area (Å²) in [4.78, 5) is 17.7. The van der Waals surface area contributed by atoms with Crippen molar-refractivity contribution in [1.82, 2.24) is 9.88 Å². The second kappa shape index (κ2) is 7.43. The molecule has 0 aliphatic rings. The largest absolute Gasteiger partial charge is 0.484 e. The van der Waals surface area contributed by atoms with Gasteiger partial charge in [-0.05, 0) is 43.2 Å². The van der Waals surface area contributed by atoms with Crippen LogP contribution in [0, 0.1) is 6.92 Å². The normalized spacial score (nSPS) is 10.2. The second-order valence-corrected chi connectivity index (χ2v) is 5.02. The Hall–Kier alpha value is -2.36.